The molecule has 1 aromatic rings. The first-order valence-electron chi connectivity index (χ1n) is 3.07. The Labute approximate surface area is 76.3 Å². The Morgan fingerprint density at radius 1 is 1.38 bits per heavy atom. The van der Waals surface area contributed by atoms with E-state index in [4.69, 9.17) is 11.6 Å². The van der Waals surface area contributed by atoms with Crippen LogP contribution in [0.4, 0.5) is 19.0 Å². The molecule has 0 amide bonds. The van der Waals surface area contributed by atoms with Crippen LogP contribution in [0.1, 0.15) is 0 Å². The van der Waals surface area contributed by atoms with Crippen LogP contribution in [0.15, 0.2) is 23.6 Å². The van der Waals surface area contributed by atoms with E-state index in [1.807, 2.05) is 0 Å². The van der Waals surface area contributed by atoms with Crippen molar-refractivity contribution in [1.29, 1.82) is 0 Å². The molecule has 1 heterocycles. The highest BCUT2D eigenvalue weighted by molar-refractivity contribution is 6.67. The molecule has 0 N–H and O–H groups in total. The topological polar surface area (TPSA) is 38.1 Å². The average Bonchev–Trinajstić information content (AvgIpc) is 2.04. The van der Waals surface area contributed by atoms with Crippen LogP contribution in [0.5, 0.6) is 0 Å². The molecular formula is C6H3ClF3N3. The molecule has 0 aliphatic heterocycles. The molecule has 0 spiro atoms. The average molecular weight is 210 g/mol. The summed E-state index contributed by atoms with van der Waals surface area (Å²) in [7, 11) is 0. The fourth-order valence-corrected chi connectivity index (χ4v) is 0.600. The maximum atomic E-state index is 11.8. The number of aromatic nitrogens is 2. The van der Waals surface area contributed by atoms with E-state index in [1.165, 1.54) is 12.4 Å². The molecule has 1 rings (SSSR count). The molecule has 0 atom stereocenters. The standard InChI is InChI=1S/C6H3ClF3N3/c7-5(6(8,9)10)13-4-3-11-1-2-12-4/h1-3H. The Morgan fingerprint density at radius 2 is 2.08 bits per heavy atom. The van der Waals surface area contributed by atoms with Crippen molar-refractivity contribution in [3.63, 3.8) is 0 Å². The molecule has 70 valence electrons. The SMILES string of the molecule is FC(F)(F)C(Cl)=Nc1cnccn1. The van der Waals surface area contributed by atoms with E-state index in [0.717, 1.165) is 6.20 Å². The van der Waals surface area contributed by atoms with Gasteiger partial charge in [0.05, 0.1) is 6.20 Å². The Hall–Kier alpha value is -1.17. The molecule has 0 fully saturated rings. The van der Waals surface area contributed by atoms with E-state index in [1.54, 1.807) is 0 Å². The van der Waals surface area contributed by atoms with Gasteiger partial charge in [-0.3, -0.25) is 4.98 Å². The molecule has 0 aliphatic carbocycles. The maximum Gasteiger partial charge on any atom is 0.444 e. The van der Waals surface area contributed by atoms with E-state index in [-0.39, 0.29) is 5.82 Å². The van der Waals surface area contributed by atoms with E-state index in [9.17, 15) is 13.2 Å². The van der Waals surface area contributed by atoms with Crippen LogP contribution in [0.3, 0.4) is 0 Å². The number of alkyl halides is 3. The minimum Gasteiger partial charge on any atom is -0.259 e. The Balaban J connectivity index is 2.90. The Kier molecular flexibility index (Phi) is 2.82. The summed E-state index contributed by atoms with van der Waals surface area (Å²) in [6.07, 6.45) is -1.02. The third-order valence-corrected chi connectivity index (χ3v) is 1.29. The molecule has 0 bridgehead atoms. The van der Waals surface area contributed by atoms with Crippen molar-refractivity contribution in [3.05, 3.63) is 18.6 Å². The van der Waals surface area contributed by atoms with Crippen molar-refractivity contribution in [1.82, 2.24) is 9.97 Å². The first-order valence-corrected chi connectivity index (χ1v) is 3.45. The number of nitrogens with zero attached hydrogens (tertiary/aromatic N) is 3. The van der Waals surface area contributed by atoms with E-state index >= 15 is 0 Å². The summed E-state index contributed by atoms with van der Waals surface area (Å²) in [4.78, 5) is 10.0. The molecule has 3 nitrogen and oxygen atoms in total. The van der Waals surface area contributed by atoms with Crippen LogP contribution in [0.25, 0.3) is 0 Å². The molecule has 13 heavy (non-hydrogen) atoms. The van der Waals surface area contributed by atoms with Gasteiger partial charge in [0.15, 0.2) is 5.82 Å². The number of rotatable bonds is 1. The van der Waals surface area contributed by atoms with Crippen molar-refractivity contribution in [2.45, 2.75) is 6.18 Å². The van der Waals surface area contributed by atoms with E-state index < -0.39 is 11.3 Å². The molecule has 7 heteroatoms. The summed E-state index contributed by atoms with van der Waals surface area (Å²) >= 11 is 4.85. The Bertz CT molecular complexity index is 309. The fraction of sp³-hybridized carbons (Fsp3) is 0.167. The third kappa shape index (κ3) is 2.98. The summed E-state index contributed by atoms with van der Waals surface area (Å²) in [5.74, 6) is -0.176. The molecular weight excluding hydrogens is 207 g/mol. The monoisotopic (exact) mass is 209 g/mol. The predicted octanol–water partition coefficient (Wildman–Crippen LogP) is 2.31. The number of aliphatic imine (C=N–C) groups is 1. The lowest BCUT2D eigenvalue weighted by molar-refractivity contribution is -0.0558. The lowest BCUT2D eigenvalue weighted by atomic mass is 10.6. The van der Waals surface area contributed by atoms with Gasteiger partial charge in [0, 0.05) is 12.4 Å². The largest absolute Gasteiger partial charge is 0.444 e. The molecule has 1 aromatic heterocycles. The minimum atomic E-state index is -4.64. The first kappa shape index (κ1) is 9.91. The molecule has 0 aliphatic rings. The zero-order chi connectivity index (χ0) is 9.90. The van der Waals surface area contributed by atoms with Gasteiger partial charge in [0.25, 0.3) is 0 Å². The molecule has 0 radical (unpaired) electrons. The second-order valence-electron chi connectivity index (χ2n) is 1.96. The second-order valence-corrected chi connectivity index (χ2v) is 2.32. The minimum absolute atomic E-state index is 0.176. The highest BCUT2D eigenvalue weighted by Crippen LogP contribution is 2.22. The normalized spacial score (nSPS) is 13.1. The van der Waals surface area contributed by atoms with Crippen LogP contribution in [0.2, 0.25) is 0 Å². The van der Waals surface area contributed by atoms with Crippen molar-refractivity contribution in [3.8, 4) is 0 Å². The summed E-state index contributed by atoms with van der Waals surface area (Å²) in [6, 6.07) is 0. The van der Waals surface area contributed by atoms with Gasteiger partial charge in [-0.05, 0) is 0 Å². The Morgan fingerprint density at radius 3 is 2.54 bits per heavy atom. The lowest BCUT2D eigenvalue weighted by Gasteiger charge is -2.01. The first-order chi connectivity index (χ1) is 6.00. The van der Waals surface area contributed by atoms with Crippen LogP contribution in [-0.2, 0) is 0 Å². The molecule has 0 saturated carbocycles. The van der Waals surface area contributed by atoms with Gasteiger partial charge in [-0.2, -0.15) is 13.2 Å². The van der Waals surface area contributed by atoms with Gasteiger partial charge in [-0.15, -0.1) is 0 Å². The van der Waals surface area contributed by atoms with Gasteiger partial charge in [0.2, 0.25) is 5.17 Å². The summed E-state index contributed by atoms with van der Waals surface area (Å²) in [5.41, 5.74) is 0. The molecule has 0 saturated heterocycles. The van der Waals surface area contributed by atoms with Gasteiger partial charge in [-0.25, -0.2) is 9.98 Å². The highest BCUT2D eigenvalue weighted by Gasteiger charge is 2.34. The van der Waals surface area contributed by atoms with Gasteiger partial charge in [-0.1, -0.05) is 11.6 Å². The molecule has 0 aromatic carbocycles. The number of halogens is 4. The predicted molar refractivity (Wildman–Crippen MR) is 41.0 cm³/mol. The highest BCUT2D eigenvalue weighted by atomic mass is 35.5. The van der Waals surface area contributed by atoms with Crippen molar-refractivity contribution >= 4 is 22.6 Å². The second kappa shape index (κ2) is 3.69. The third-order valence-electron chi connectivity index (χ3n) is 0.996. The van der Waals surface area contributed by atoms with Crippen LogP contribution >= 0.6 is 11.6 Å². The summed E-state index contributed by atoms with van der Waals surface area (Å²) in [6.45, 7) is 0. The lowest BCUT2D eigenvalue weighted by Crippen LogP contribution is -2.16. The van der Waals surface area contributed by atoms with Gasteiger partial charge >= 0.3 is 6.18 Å². The zero-order valence-corrected chi connectivity index (χ0v) is 6.84. The van der Waals surface area contributed by atoms with Gasteiger partial charge in [0.1, 0.15) is 0 Å². The molecule has 0 unspecified atom stereocenters. The van der Waals surface area contributed by atoms with Crippen LogP contribution < -0.4 is 0 Å². The van der Waals surface area contributed by atoms with E-state index in [0.29, 0.717) is 0 Å². The van der Waals surface area contributed by atoms with E-state index in [2.05, 4.69) is 15.0 Å². The quantitative estimate of drug-likeness (QED) is 0.666. The number of hydrogen-bond acceptors (Lipinski definition) is 3. The maximum absolute atomic E-state index is 11.8. The number of hydrogen-bond donors (Lipinski definition) is 0. The van der Waals surface area contributed by atoms with Crippen molar-refractivity contribution < 1.29 is 13.2 Å². The smallest absolute Gasteiger partial charge is 0.259 e. The van der Waals surface area contributed by atoms with Gasteiger partial charge < -0.3 is 0 Å². The zero-order valence-electron chi connectivity index (χ0n) is 6.09. The van der Waals surface area contributed by atoms with Crippen LogP contribution in [0, 0.1) is 0 Å². The van der Waals surface area contributed by atoms with Crippen molar-refractivity contribution in [2.75, 3.05) is 0 Å². The fourth-order valence-electron chi connectivity index (χ4n) is 0.513. The van der Waals surface area contributed by atoms with Crippen LogP contribution in [-0.4, -0.2) is 21.3 Å². The summed E-state index contributed by atoms with van der Waals surface area (Å²) < 4.78 is 35.5. The van der Waals surface area contributed by atoms with Crippen molar-refractivity contribution in [2.24, 2.45) is 4.99 Å². The summed E-state index contributed by atoms with van der Waals surface area (Å²) in [5, 5.41) is -1.46.